The number of anilines is 1. The number of thiocarbonyl (C=S) groups is 1. The van der Waals surface area contributed by atoms with Crippen LogP contribution in [0.25, 0.3) is 0 Å². The molecule has 0 aromatic heterocycles. The Bertz CT molecular complexity index is 506. The summed E-state index contributed by atoms with van der Waals surface area (Å²) in [5, 5.41) is 9.34. The van der Waals surface area contributed by atoms with Gasteiger partial charge in [-0.3, -0.25) is 4.79 Å². The third-order valence-electron chi connectivity index (χ3n) is 2.57. The topological polar surface area (TPSA) is 53.2 Å². The Hall–Kier alpha value is -1.62. The molecule has 0 aliphatic heterocycles. The fourth-order valence-electron chi connectivity index (χ4n) is 1.66. The third kappa shape index (κ3) is 6.02. The minimum atomic E-state index is -0.235. The molecule has 0 aliphatic rings. The molecule has 3 N–H and O–H groups in total. The van der Waals surface area contributed by atoms with Crippen LogP contribution in [-0.2, 0) is 4.79 Å². The van der Waals surface area contributed by atoms with Gasteiger partial charge in [-0.05, 0) is 64.0 Å². The van der Waals surface area contributed by atoms with Gasteiger partial charge in [0, 0.05) is 11.2 Å². The maximum absolute atomic E-state index is 11.7. The molecule has 0 aliphatic carbocycles. The number of benzene rings is 1. The van der Waals surface area contributed by atoms with Gasteiger partial charge in [-0.15, -0.1) is 0 Å². The number of hydrogen-bond donors (Lipinski definition) is 3. The molecule has 0 unspecified atom stereocenters. The summed E-state index contributed by atoms with van der Waals surface area (Å²) < 4.78 is 0. The standard InChI is InChI=1S/C15H23N3OS/c1-10-6-7-11(2)12(8-10)17-14(20)16-9-13(19)18-15(3,4)5/h6-8H,9H2,1-5H3,(H,18,19)(H2,16,17,20). The number of carbonyl (C=O) groups excluding carboxylic acids is 1. The van der Waals surface area contributed by atoms with E-state index in [-0.39, 0.29) is 18.0 Å². The molecule has 1 aromatic carbocycles. The lowest BCUT2D eigenvalue weighted by Gasteiger charge is -2.21. The van der Waals surface area contributed by atoms with Gasteiger partial charge in [0.15, 0.2) is 5.11 Å². The van der Waals surface area contributed by atoms with Crippen molar-refractivity contribution in [2.45, 2.75) is 40.2 Å². The first kappa shape index (κ1) is 16.4. The number of carbonyl (C=O) groups is 1. The fraction of sp³-hybridized carbons (Fsp3) is 0.467. The second kappa shape index (κ2) is 6.70. The van der Waals surface area contributed by atoms with Crippen LogP contribution in [0.4, 0.5) is 5.69 Å². The van der Waals surface area contributed by atoms with Crippen LogP contribution in [0.5, 0.6) is 0 Å². The van der Waals surface area contributed by atoms with E-state index in [1.54, 1.807) is 0 Å². The van der Waals surface area contributed by atoms with Gasteiger partial charge in [0.2, 0.25) is 5.91 Å². The van der Waals surface area contributed by atoms with Crippen LogP contribution < -0.4 is 16.0 Å². The van der Waals surface area contributed by atoms with E-state index in [9.17, 15) is 4.79 Å². The van der Waals surface area contributed by atoms with Crippen LogP contribution in [0.3, 0.4) is 0 Å². The Balaban J connectivity index is 2.48. The highest BCUT2D eigenvalue weighted by Gasteiger charge is 2.13. The Morgan fingerprint density at radius 1 is 1.25 bits per heavy atom. The zero-order chi connectivity index (χ0) is 15.3. The van der Waals surface area contributed by atoms with Gasteiger partial charge in [-0.2, -0.15) is 0 Å². The Morgan fingerprint density at radius 3 is 2.50 bits per heavy atom. The van der Waals surface area contributed by atoms with Crippen molar-refractivity contribution in [1.82, 2.24) is 10.6 Å². The van der Waals surface area contributed by atoms with Crippen LogP contribution in [-0.4, -0.2) is 23.1 Å². The zero-order valence-electron chi connectivity index (χ0n) is 12.8. The van der Waals surface area contributed by atoms with E-state index in [1.807, 2.05) is 52.8 Å². The Morgan fingerprint density at radius 2 is 1.90 bits per heavy atom. The maximum atomic E-state index is 11.7. The van der Waals surface area contributed by atoms with E-state index in [4.69, 9.17) is 12.2 Å². The first-order valence-electron chi connectivity index (χ1n) is 6.60. The van der Waals surface area contributed by atoms with Crippen molar-refractivity contribution in [1.29, 1.82) is 0 Å². The number of hydrogen-bond acceptors (Lipinski definition) is 2. The number of amides is 1. The predicted octanol–water partition coefficient (Wildman–Crippen LogP) is 2.50. The summed E-state index contributed by atoms with van der Waals surface area (Å²) in [6.45, 7) is 10.0. The van der Waals surface area contributed by atoms with Crippen molar-refractivity contribution in [3.05, 3.63) is 29.3 Å². The molecule has 0 heterocycles. The van der Waals surface area contributed by atoms with E-state index in [1.165, 1.54) is 0 Å². The van der Waals surface area contributed by atoms with Gasteiger partial charge in [0.25, 0.3) is 0 Å². The molecule has 4 nitrogen and oxygen atoms in total. The quantitative estimate of drug-likeness (QED) is 0.750. The first-order chi connectivity index (χ1) is 9.17. The van der Waals surface area contributed by atoms with Crippen LogP contribution in [0.2, 0.25) is 0 Å². The first-order valence-corrected chi connectivity index (χ1v) is 7.01. The molecular formula is C15H23N3OS. The molecule has 110 valence electrons. The second-order valence-corrected chi connectivity index (χ2v) is 6.33. The average Bonchev–Trinajstić information content (AvgIpc) is 2.29. The average molecular weight is 293 g/mol. The molecule has 0 atom stereocenters. The largest absolute Gasteiger partial charge is 0.353 e. The minimum absolute atomic E-state index is 0.0809. The summed E-state index contributed by atoms with van der Waals surface area (Å²) in [5.74, 6) is -0.0809. The lowest BCUT2D eigenvalue weighted by Crippen LogP contribution is -2.46. The summed E-state index contributed by atoms with van der Waals surface area (Å²) in [6.07, 6.45) is 0. The van der Waals surface area contributed by atoms with Crippen molar-refractivity contribution in [2.24, 2.45) is 0 Å². The molecule has 1 aromatic rings. The smallest absolute Gasteiger partial charge is 0.239 e. The predicted molar refractivity (Wildman–Crippen MR) is 88.0 cm³/mol. The van der Waals surface area contributed by atoms with Crippen molar-refractivity contribution >= 4 is 28.9 Å². The molecule has 0 bridgehead atoms. The molecular weight excluding hydrogens is 270 g/mol. The highest BCUT2D eigenvalue weighted by Crippen LogP contribution is 2.15. The lowest BCUT2D eigenvalue weighted by molar-refractivity contribution is -0.121. The molecule has 5 heteroatoms. The summed E-state index contributed by atoms with van der Waals surface area (Å²) in [6, 6.07) is 6.11. The Labute approximate surface area is 126 Å². The van der Waals surface area contributed by atoms with Crippen LogP contribution in [0.15, 0.2) is 18.2 Å². The number of nitrogens with one attached hydrogen (secondary N) is 3. The number of aryl methyl sites for hydroxylation is 2. The summed E-state index contributed by atoms with van der Waals surface area (Å²) in [5.41, 5.74) is 2.99. The fourth-order valence-corrected chi connectivity index (χ4v) is 1.84. The third-order valence-corrected chi connectivity index (χ3v) is 2.81. The monoisotopic (exact) mass is 293 g/mol. The molecule has 0 saturated heterocycles. The lowest BCUT2D eigenvalue weighted by atomic mass is 10.1. The molecule has 0 fully saturated rings. The van der Waals surface area contributed by atoms with Gasteiger partial charge >= 0.3 is 0 Å². The van der Waals surface area contributed by atoms with Crippen LogP contribution in [0.1, 0.15) is 31.9 Å². The van der Waals surface area contributed by atoms with Crippen LogP contribution in [0, 0.1) is 13.8 Å². The highest BCUT2D eigenvalue weighted by atomic mass is 32.1. The molecule has 1 amide bonds. The zero-order valence-corrected chi connectivity index (χ0v) is 13.6. The van der Waals surface area contributed by atoms with Crippen molar-refractivity contribution in [3.8, 4) is 0 Å². The number of rotatable bonds is 3. The highest BCUT2D eigenvalue weighted by molar-refractivity contribution is 7.80. The van der Waals surface area contributed by atoms with E-state index < -0.39 is 0 Å². The van der Waals surface area contributed by atoms with Crippen molar-refractivity contribution < 1.29 is 4.79 Å². The SMILES string of the molecule is Cc1ccc(C)c(NC(=S)NCC(=O)NC(C)(C)C)c1. The van der Waals surface area contributed by atoms with Gasteiger partial charge < -0.3 is 16.0 Å². The normalized spacial score (nSPS) is 10.8. The van der Waals surface area contributed by atoms with Crippen molar-refractivity contribution in [2.75, 3.05) is 11.9 Å². The minimum Gasteiger partial charge on any atom is -0.353 e. The van der Waals surface area contributed by atoms with Gasteiger partial charge in [-0.25, -0.2) is 0 Å². The maximum Gasteiger partial charge on any atom is 0.239 e. The van der Waals surface area contributed by atoms with Crippen LogP contribution >= 0.6 is 12.2 Å². The van der Waals surface area contributed by atoms with E-state index in [0.29, 0.717) is 5.11 Å². The molecule has 1 rings (SSSR count). The van der Waals surface area contributed by atoms with Gasteiger partial charge in [0.05, 0.1) is 6.54 Å². The summed E-state index contributed by atoms with van der Waals surface area (Å²) in [7, 11) is 0. The molecule has 20 heavy (non-hydrogen) atoms. The van der Waals surface area contributed by atoms with Gasteiger partial charge in [0.1, 0.15) is 0 Å². The van der Waals surface area contributed by atoms with E-state index in [0.717, 1.165) is 16.8 Å². The molecule has 0 radical (unpaired) electrons. The van der Waals surface area contributed by atoms with E-state index in [2.05, 4.69) is 16.0 Å². The summed E-state index contributed by atoms with van der Waals surface area (Å²) in [4.78, 5) is 11.7. The Kier molecular flexibility index (Phi) is 5.51. The summed E-state index contributed by atoms with van der Waals surface area (Å²) >= 11 is 5.20. The molecule has 0 spiro atoms. The van der Waals surface area contributed by atoms with Gasteiger partial charge in [-0.1, -0.05) is 12.1 Å². The van der Waals surface area contributed by atoms with E-state index >= 15 is 0 Å². The van der Waals surface area contributed by atoms with Crippen molar-refractivity contribution in [3.63, 3.8) is 0 Å². The molecule has 0 saturated carbocycles. The second-order valence-electron chi connectivity index (χ2n) is 5.92.